The van der Waals surface area contributed by atoms with Crippen LogP contribution in [0.5, 0.6) is 0 Å². The summed E-state index contributed by atoms with van der Waals surface area (Å²) in [5.74, 6) is -1.25. The Morgan fingerprint density at radius 3 is 2.52 bits per heavy atom. The molecule has 112 valence electrons. The highest BCUT2D eigenvalue weighted by Crippen LogP contribution is 2.29. The maximum absolute atomic E-state index is 12.4. The molecular weight excluding hydrogens is 378 g/mol. The fourth-order valence-electron chi connectivity index (χ4n) is 1.92. The third-order valence-corrected chi connectivity index (χ3v) is 5.92. The van der Waals surface area contributed by atoms with Gasteiger partial charge in [-0.05, 0) is 48.6 Å². The maximum atomic E-state index is 12.4. The molecule has 21 heavy (non-hydrogen) atoms. The summed E-state index contributed by atoms with van der Waals surface area (Å²) in [4.78, 5) is 10.8. The van der Waals surface area contributed by atoms with Crippen LogP contribution in [0.4, 0.5) is 5.69 Å². The largest absolute Gasteiger partial charge is 0.477 e. The molecule has 0 unspecified atom stereocenters. The van der Waals surface area contributed by atoms with Crippen LogP contribution in [-0.2, 0) is 10.0 Å². The molecule has 0 bridgehead atoms. The summed E-state index contributed by atoms with van der Waals surface area (Å²) in [7, 11) is -3.95. The third kappa shape index (κ3) is 3.45. The van der Waals surface area contributed by atoms with E-state index in [4.69, 9.17) is 5.11 Å². The number of hydrogen-bond acceptors (Lipinski definition) is 4. The first-order valence-electron chi connectivity index (χ1n) is 5.82. The van der Waals surface area contributed by atoms with E-state index >= 15 is 0 Å². The van der Waals surface area contributed by atoms with Crippen LogP contribution in [0.2, 0.25) is 0 Å². The highest BCUT2D eigenvalue weighted by molar-refractivity contribution is 9.10. The predicted molar refractivity (Wildman–Crippen MR) is 85.7 cm³/mol. The molecule has 1 aromatic heterocycles. The first-order valence-corrected chi connectivity index (χ1v) is 8.97. The van der Waals surface area contributed by atoms with E-state index in [2.05, 4.69) is 20.7 Å². The van der Waals surface area contributed by atoms with Crippen molar-refractivity contribution in [3.63, 3.8) is 0 Å². The lowest BCUT2D eigenvalue weighted by Gasteiger charge is -2.10. The average molecular weight is 390 g/mol. The number of carbonyl (C=O) groups is 1. The summed E-state index contributed by atoms with van der Waals surface area (Å²) in [6.07, 6.45) is 0. The van der Waals surface area contributed by atoms with E-state index in [9.17, 15) is 13.2 Å². The lowest BCUT2D eigenvalue weighted by molar-refractivity contribution is 0.0698. The minimum absolute atomic E-state index is 0.183. The molecule has 8 heteroatoms. The van der Waals surface area contributed by atoms with Crippen molar-refractivity contribution in [1.82, 2.24) is 0 Å². The van der Waals surface area contributed by atoms with Crippen molar-refractivity contribution in [1.29, 1.82) is 0 Å². The zero-order valence-corrected chi connectivity index (χ0v) is 14.4. The van der Waals surface area contributed by atoms with Crippen LogP contribution in [0.15, 0.2) is 32.9 Å². The van der Waals surface area contributed by atoms with Crippen molar-refractivity contribution in [3.05, 3.63) is 44.1 Å². The van der Waals surface area contributed by atoms with Crippen molar-refractivity contribution < 1.29 is 18.3 Å². The molecule has 0 aliphatic heterocycles. The number of aromatic carboxylic acids is 1. The summed E-state index contributed by atoms with van der Waals surface area (Å²) in [5, 5.41) is 10.6. The molecule has 5 nitrogen and oxygen atoms in total. The summed E-state index contributed by atoms with van der Waals surface area (Å²) < 4.78 is 28.1. The van der Waals surface area contributed by atoms with Crippen molar-refractivity contribution >= 4 is 48.9 Å². The van der Waals surface area contributed by atoms with E-state index in [-0.39, 0.29) is 9.77 Å². The number of anilines is 1. The molecule has 0 saturated heterocycles. The van der Waals surface area contributed by atoms with Gasteiger partial charge in [0.05, 0.1) is 5.69 Å². The van der Waals surface area contributed by atoms with Gasteiger partial charge >= 0.3 is 5.97 Å². The van der Waals surface area contributed by atoms with E-state index in [0.717, 1.165) is 21.4 Å². The summed E-state index contributed by atoms with van der Waals surface area (Å²) in [5.41, 5.74) is 1.67. The number of halogens is 1. The van der Waals surface area contributed by atoms with Crippen LogP contribution in [-0.4, -0.2) is 19.5 Å². The van der Waals surface area contributed by atoms with Crippen molar-refractivity contribution in [2.45, 2.75) is 18.7 Å². The fraction of sp³-hybridized carbons (Fsp3) is 0.154. The lowest BCUT2D eigenvalue weighted by atomic mass is 10.2. The number of sulfonamides is 1. The zero-order valence-electron chi connectivity index (χ0n) is 11.2. The van der Waals surface area contributed by atoms with Gasteiger partial charge in [-0.2, -0.15) is 0 Å². The quantitative estimate of drug-likeness (QED) is 0.835. The van der Waals surface area contributed by atoms with Crippen LogP contribution in [0.1, 0.15) is 20.8 Å². The monoisotopic (exact) mass is 389 g/mol. The minimum Gasteiger partial charge on any atom is -0.477 e. The molecule has 0 atom stereocenters. The number of thiophene rings is 1. The fourth-order valence-corrected chi connectivity index (χ4v) is 5.20. The average Bonchev–Trinajstić information content (AvgIpc) is 2.69. The van der Waals surface area contributed by atoms with E-state index in [1.54, 1.807) is 19.1 Å². The number of nitrogens with one attached hydrogen (secondary N) is 1. The number of carboxylic acids is 1. The highest BCUT2D eigenvalue weighted by Gasteiger charge is 2.26. The normalized spacial score (nSPS) is 11.4. The molecule has 0 spiro atoms. The standard InChI is InChI=1S/C13H12BrNO4S2/c1-7-3-9(14)5-10(4-7)15-21(18,19)12-8(2)6-20-11(12)13(16)17/h3-6,15H,1-2H3,(H,16,17). The van der Waals surface area contributed by atoms with Crippen LogP contribution < -0.4 is 4.72 Å². The van der Waals surface area contributed by atoms with Crippen molar-refractivity contribution in [3.8, 4) is 0 Å². The molecule has 1 aromatic carbocycles. The van der Waals surface area contributed by atoms with Gasteiger partial charge in [-0.25, -0.2) is 13.2 Å². The number of benzene rings is 1. The molecule has 0 radical (unpaired) electrons. The van der Waals surface area contributed by atoms with Gasteiger partial charge in [-0.3, -0.25) is 4.72 Å². The van der Waals surface area contributed by atoms with Crippen molar-refractivity contribution in [2.24, 2.45) is 0 Å². The number of hydrogen-bond donors (Lipinski definition) is 2. The SMILES string of the molecule is Cc1cc(Br)cc(NS(=O)(=O)c2c(C)csc2C(=O)O)c1. The molecular formula is C13H12BrNO4S2. The van der Waals surface area contributed by atoms with Gasteiger partial charge in [-0.15, -0.1) is 11.3 Å². The van der Waals surface area contributed by atoms with E-state index in [1.807, 2.05) is 13.0 Å². The Hall–Kier alpha value is -1.38. The molecule has 0 aliphatic carbocycles. The molecule has 2 rings (SSSR count). The molecule has 0 saturated carbocycles. The summed E-state index contributed by atoms with van der Waals surface area (Å²) in [6, 6.07) is 5.13. The van der Waals surface area contributed by atoms with Gasteiger partial charge in [0.1, 0.15) is 9.77 Å². The molecule has 0 fully saturated rings. The van der Waals surface area contributed by atoms with Gasteiger partial charge in [0, 0.05) is 4.47 Å². The Labute approximate surface area is 134 Å². The Bertz CT molecular complexity index is 791. The minimum atomic E-state index is -3.95. The summed E-state index contributed by atoms with van der Waals surface area (Å²) in [6.45, 7) is 3.41. The lowest BCUT2D eigenvalue weighted by Crippen LogP contribution is -2.16. The molecule has 0 amide bonds. The zero-order chi connectivity index (χ0) is 15.8. The van der Waals surface area contributed by atoms with Crippen LogP contribution >= 0.6 is 27.3 Å². The third-order valence-electron chi connectivity index (χ3n) is 2.68. The molecule has 2 aromatic rings. The van der Waals surface area contributed by atoms with Gasteiger partial charge in [0.25, 0.3) is 10.0 Å². The van der Waals surface area contributed by atoms with Crippen LogP contribution in [0.3, 0.4) is 0 Å². The Balaban J connectivity index is 2.48. The highest BCUT2D eigenvalue weighted by atomic mass is 79.9. The second-order valence-electron chi connectivity index (χ2n) is 4.50. The first kappa shape index (κ1) is 16.0. The smallest absolute Gasteiger partial charge is 0.347 e. The topological polar surface area (TPSA) is 83.5 Å². The Morgan fingerprint density at radius 1 is 1.29 bits per heavy atom. The predicted octanol–water partition coefficient (Wildman–Crippen LogP) is 3.63. The molecule has 2 N–H and O–H groups in total. The van der Waals surface area contributed by atoms with Gasteiger partial charge < -0.3 is 5.11 Å². The van der Waals surface area contributed by atoms with Gasteiger partial charge in [0.15, 0.2) is 0 Å². The van der Waals surface area contributed by atoms with E-state index in [0.29, 0.717) is 11.3 Å². The molecule has 0 aliphatic rings. The second kappa shape index (κ2) is 5.78. The number of rotatable bonds is 4. The van der Waals surface area contributed by atoms with Crippen LogP contribution in [0.25, 0.3) is 0 Å². The number of aryl methyl sites for hydroxylation is 2. The van der Waals surface area contributed by atoms with E-state index in [1.165, 1.54) is 5.38 Å². The number of carboxylic acid groups (broad SMARTS) is 1. The Kier molecular flexibility index (Phi) is 4.40. The Morgan fingerprint density at radius 2 is 1.95 bits per heavy atom. The van der Waals surface area contributed by atoms with Gasteiger partial charge in [-0.1, -0.05) is 15.9 Å². The van der Waals surface area contributed by atoms with Crippen LogP contribution in [0, 0.1) is 13.8 Å². The van der Waals surface area contributed by atoms with Crippen molar-refractivity contribution in [2.75, 3.05) is 4.72 Å². The first-order chi connectivity index (χ1) is 9.70. The molecule has 1 heterocycles. The second-order valence-corrected chi connectivity index (χ2v) is 7.92. The van der Waals surface area contributed by atoms with E-state index < -0.39 is 16.0 Å². The summed E-state index contributed by atoms with van der Waals surface area (Å²) >= 11 is 4.19. The maximum Gasteiger partial charge on any atom is 0.347 e. The van der Waals surface area contributed by atoms with Gasteiger partial charge in [0.2, 0.25) is 0 Å².